The van der Waals surface area contributed by atoms with Gasteiger partial charge in [0.05, 0.1) is 12.2 Å². The van der Waals surface area contributed by atoms with Crippen molar-refractivity contribution in [2.24, 2.45) is 0 Å². The highest BCUT2D eigenvalue weighted by molar-refractivity contribution is 5.87. The van der Waals surface area contributed by atoms with Crippen LogP contribution < -0.4 is 0 Å². The van der Waals surface area contributed by atoms with Crippen molar-refractivity contribution >= 4 is 5.97 Å². The highest BCUT2D eigenvalue weighted by Gasteiger charge is 2.19. The van der Waals surface area contributed by atoms with E-state index in [0.29, 0.717) is 5.56 Å². The molecule has 1 aliphatic rings. The van der Waals surface area contributed by atoms with Crippen LogP contribution in [0.5, 0.6) is 0 Å². The first kappa shape index (κ1) is 14.0. The number of unbranched alkanes of at least 4 members (excludes halogenated alkanes) is 1. The maximum Gasteiger partial charge on any atom is 0.335 e. The van der Waals surface area contributed by atoms with Crippen molar-refractivity contribution < 1.29 is 14.6 Å². The third-order valence-corrected chi connectivity index (χ3v) is 3.44. The van der Waals surface area contributed by atoms with Gasteiger partial charge < -0.3 is 9.84 Å². The van der Waals surface area contributed by atoms with Crippen molar-refractivity contribution in [2.75, 3.05) is 19.8 Å². The first-order valence-electron chi connectivity index (χ1n) is 6.86. The van der Waals surface area contributed by atoms with Crippen molar-refractivity contribution in [1.29, 1.82) is 0 Å². The molecule has 1 aromatic rings. The van der Waals surface area contributed by atoms with Crippen molar-refractivity contribution in [1.82, 2.24) is 4.90 Å². The maximum absolute atomic E-state index is 10.9. The minimum Gasteiger partial charge on any atom is -0.478 e. The fourth-order valence-electron chi connectivity index (χ4n) is 2.30. The lowest BCUT2D eigenvalue weighted by molar-refractivity contribution is 0.0696. The van der Waals surface area contributed by atoms with Crippen molar-refractivity contribution in [3.8, 4) is 0 Å². The molecule has 0 amide bonds. The van der Waals surface area contributed by atoms with Crippen molar-refractivity contribution in [2.45, 2.75) is 32.9 Å². The zero-order valence-electron chi connectivity index (χ0n) is 11.4. The Labute approximate surface area is 114 Å². The SMILES string of the molecule is CCCCOCCN1Cc2ccc(C(=O)O)cc2C1. The van der Waals surface area contributed by atoms with E-state index >= 15 is 0 Å². The molecule has 19 heavy (non-hydrogen) atoms. The molecule has 0 bridgehead atoms. The topological polar surface area (TPSA) is 49.8 Å². The lowest BCUT2D eigenvalue weighted by Crippen LogP contribution is -2.21. The Kier molecular flexibility index (Phi) is 4.93. The Bertz CT molecular complexity index is 445. The molecule has 0 radical (unpaired) electrons. The van der Waals surface area contributed by atoms with Gasteiger partial charge in [-0.05, 0) is 29.7 Å². The molecule has 0 aromatic heterocycles. The highest BCUT2D eigenvalue weighted by Crippen LogP contribution is 2.23. The van der Waals surface area contributed by atoms with Crippen LogP contribution in [0.15, 0.2) is 18.2 Å². The Balaban J connectivity index is 1.81. The molecule has 1 heterocycles. The molecule has 0 spiro atoms. The predicted molar refractivity (Wildman–Crippen MR) is 73.2 cm³/mol. The van der Waals surface area contributed by atoms with Crippen LogP contribution in [-0.2, 0) is 17.8 Å². The number of carbonyl (C=O) groups is 1. The summed E-state index contributed by atoms with van der Waals surface area (Å²) >= 11 is 0. The van der Waals surface area contributed by atoms with Crippen LogP contribution in [0.25, 0.3) is 0 Å². The quantitative estimate of drug-likeness (QED) is 0.768. The number of aromatic carboxylic acids is 1. The van der Waals surface area contributed by atoms with Gasteiger partial charge in [0.15, 0.2) is 0 Å². The number of fused-ring (bicyclic) bond motifs is 1. The summed E-state index contributed by atoms with van der Waals surface area (Å²) in [7, 11) is 0. The predicted octanol–water partition coefficient (Wildman–Crippen LogP) is 2.52. The monoisotopic (exact) mass is 263 g/mol. The Morgan fingerprint density at radius 3 is 2.84 bits per heavy atom. The van der Waals surface area contributed by atoms with E-state index in [1.54, 1.807) is 12.1 Å². The standard InChI is InChI=1S/C15H21NO3/c1-2-3-7-19-8-6-16-10-13-5-4-12(15(17)18)9-14(13)11-16/h4-5,9H,2-3,6-8,10-11H2,1H3,(H,17,18). The van der Waals surface area contributed by atoms with Gasteiger partial charge in [-0.1, -0.05) is 19.4 Å². The zero-order valence-corrected chi connectivity index (χ0v) is 11.4. The number of nitrogens with zero attached hydrogens (tertiary/aromatic N) is 1. The average Bonchev–Trinajstić information content (AvgIpc) is 2.80. The minimum absolute atomic E-state index is 0.375. The number of rotatable bonds is 7. The summed E-state index contributed by atoms with van der Waals surface area (Å²) in [5.41, 5.74) is 2.74. The molecule has 0 fully saturated rings. The number of ether oxygens (including phenoxy) is 1. The maximum atomic E-state index is 10.9. The Morgan fingerprint density at radius 1 is 1.32 bits per heavy atom. The van der Waals surface area contributed by atoms with E-state index in [1.807, 2.05) is 6.07 Å². The van der Waals surface area contributed by atoms with E-state index in [-0.39, 0.29) is 0 Å². The molecule has 104 valence electrons. The molecule has 1 aromatic carbocycles. The summed E-state index contributed by atoms with van der Waals surface area (Å²) in [4.78, 5) is 13.2. The third-order valence-electron chi connectivity index (χ3n) is 3.44. The Hall–Kier alpha value is -1.39. The van der Waals surface area contributed by atoms with E-state index in [0.717, 1.165) is 51.3 Å². The van der Waals surface area contributed by atoms with Crippen LogP contribution in [0, 0.1) is 0 Å². The summed E-state index contributed by atoms with van der Waals surface area (Å²) in [6.07, 6.45) is 2.27. The second-order valence-corrected chi connectivity index (χ2v) is 4.97. The van der Waals surface area contributed by atoms with Gasteiger partial charge in [0.2, 0.25) is 0 Å². The molecule has 2 rings (SSSR count). The van der Waals surface area contributed by atoms with Gasteiger partial charge in [-0.25, -0.2) is 4.79 Å². The second kappa shape index (κ2) is 6.68. The van der Waals surface area contributed by atoms with Crippen LogP contribution in [0.3, 0.4) is 0 Å². The summed E-state index contributed by atoms with van der Waals surface area (Å²) in [5.74, 6) is -0.857. The van der Waals surface area contributed by atoms with E-state index in [4.69, 9.17) is 9.84 Å². The van der Waals surface area contributed by atoms with E-state index < -0.39 is 5.97 Å². The zero-order chi connectivity index (χ0) is 13.7. The number of carboxylic acid groups (broad SMARTS) is 1. The van der Waals surface area contributed by atoms with Gasteiger partial charge in [-0.3, -0.25) is 4.90 Å². The van der Waals surface area contributed by atoms with Gasteiger partial charge in [0.25, 0.3) is 0 Å². The van der Waals surface area contributed by atoms with Gasteiger partial charge in [0, 0.05) is 26.2 Å². The van der Waals surface area contributed by atoms with Gasteiger partial charge >= 0.3 is 5.97 Å². The number of benzene rings is 1. The summed E-state index contributed by atoms with van der Waals surface area (Å²) in [6.45, 7) is 6.36. The summed E-state index contributed by atoms with van der Waals surface area (Å²) in [6, 6.07) is 5.40. The fraction of sp³-hybridized carbons (Fsp3) is 0.533. The molecule has 4 nitrogen and oxygen atoms in total. The normalized spacial score (nSPS) is 14.6. The van der Waals surface area contributed by atoms with Gasteiger partial charge in [-0.2, -0.15) is 0 Å². The average molecular weight is 263 g/mol. The minimum atomic E-state index is -0.857. The van der Waals surface area contributed by atoms with Crippen LogP contribution in [-0.4, -0.2) is 35.7 Å². The van der Waals surface area contributed by atoms with Gasteiger partial charge in [0.1, 0.15) is 0 Å². The number of hydrogen-bond donors (Lipinski definition) is 1. The lowest BCUT2D eigenvalue weighted by atomic mass is 10.1. The van der Waals surface area contributed by atoms with Crippen LogP contribution in [0.4, 0.5) is 0 Å². The third kappa shape index (κ3) is 3.78. The first-order valence-corrected chi connectivity index (χ1v) is 6.86. The van der Waals surface area contributed by atoms with E-state index in [9.17, 15) is 4.79 Å². The number of carboxylic acids is 1. The summed E-state index contributed by atoms with van der Waals surface area (Å²) in [5, 5.41) is 8.97. The molecule has 0 aliphatic carbocycles. The molecule has 0 atom stereocenters. The van der Waals surface area contributed by atoms with E-state index in [1.165, 1.54) is 5.56 Å². The fourth-order valence-corrected chi connectivity index (χ4v) is 2.30. The van der Waals surface area contributed by atoms with E-state index in [2.05, 4.69) is 11.8 Å². The largest absolute Gasteiger partial charge is 0.478 e. The van der Waals surface area contributed by atoms with Gasteiger partial charge in [-0.15, -0.1) is 0 Å². The molecule has 0 saturated heterocycles. The molecule has 1 N–H and O–H groups in total. The highest BCUT2D eigenvalue weighted by atomic mass is 16.5. The van der Waals surface area contributed by atoms with Crippen molar-refractivity contribution in [3.05, 3.63) is 34.9 Å². The first-order chi connectivity index (χ1) is 9.20. The molecular formula is C15H21NO3. The molecule has 1 aliphatic heterocycles. The molecular weight excluding hydrogens is 242 g/mol. The molecule has 0 saturated carbocycles. The second-order valence-electron chi connectivity index (χ2n) is 4.97. The molecule has 4 heteroatoms. The summed E-state index contributed by atoms with van der Waals surface area (Å²) < 4.78 is 5.56. The number of hydrogen-bond acceptors (Lipinski definition) is 3. The molecule has 0 unspecified atom stereocenters. The van der Waals surface area contributed by atoms with Crippen LogP contribution in [0.2, 0.25) is 0 Å². The van der Waals surface area contributed by atoms with Crippen LogP contribution in [0.1, 0.15) is 41.3 Å². The van der Waals surface area contributed by atoms with Crippen molar-refractivity contribution in [3.63, 3.8) is 0 Å². The Morgan fingerprint density at radius 2 is 2.11 bits per heavy atom. The van der Waals surface area contributed by atoms with Crippen LogP contribution >= 0.6 is 0 Å². The smallest absolute Gasteiger partial charge is 0.335 e. The lowest BCUT2D eigenvalue weighted by Gasteiger charge is -2.14.